The first kappa shape index (κ1) is 17.3. The van der Waals surface area contributed by atoms with Crippen LogP contribution in [0.4, 0.5) is 0 Å². The number of rotatable bonds is 6. The largest absolute Gasteiger partial charge is 0.493 e. The van der Waals surface area contributed by atoms with Crippen LogP contribution in [0.25, 0.3) is 11.8 Å². The number of hydrogen-bond donors (Lipinski definition) is 1. The molecule has 0 bridgehead atoms. The lowest BCUT2D eigenvalue weighted by Gasteiger charge is -2.11. The van der Waals surface area contributed by atoms with Gasteiger partial charge < -0.3 is 10.1 Å². The second-order valence-electron chi connectivity index (χ2n) is 7.14. The minimum Gasteiger partial charge on any atom is -0.493 e. The first-order valence-corrected chi connectivity index (χ1v) is 9.00. The Morgan fingerprint density at radius 3 is 2.72 bits per heavy atom. The van der Waals surface area contributed by atoms with Crippen LogP contribution in [0.2, 0.25) is 0 Å². The fourth-order valence-electron chi connectivity index (χ4n) is 2.94. The lowest BCUT2D eigenvalue weighted by molar-refractivity contribution is 0.337. The van der Waals surface area contributed by atoms with E-state index in [0.29, 0.717) is 11.8 Å². The highest BCUT2D eigenvalue weighted by Crippen LogP contribution is 2.34. The number of benzene rings is 2. The summed E-state index contributed by atoms with van der Waals surface area (Å²) in [6.45, 7) is 12.3. The standard InChI is InChI=1S/C23H27NO/c1-16(2)5-6-19-7-10-21(11-8-19)18(4)24-14-20-9-12-22-17(3)15-25-23(22)13-20/h5-13,16-17,24H,4,14-15H2,1-3H3/b6-5+. The summed E-state index contributed by atoms with van der Waals surface area (Å²) in [7, 11) is 0. The first-order valence-electron chi connectivity index (χ1n) is 9.00. The topological polar surface area (TPSA) is 21.3 Å². The van der Waals surface area contributed by atoms with Crippen LogP contribution in [-0.4, -0.2) is 6.61 Å². The second-order valence-corrected chi connectivity index (χ2v) is 7.14. The Kier molecular flexibility index (Phi) is 5.28. The quantitative estimate of drug-likeness (QED) is 0.741. The van der Waals surface area contributed by atoms with Crippen LogP contribution >= 0.6 is 0 Å². The maximum atomic E-state index is 5.74. The van der Waals surface area contributed by atoms with Gasteiger partial charge in [-0.2, -0.15) is 0 Å². The van der Waals surface area contributed by atoms with E-state index < -0.39 is 0 Å². The van der Waals surface area contributed by atoms with Crippen LogP contribution in [0.5, 0.6) is 5.75 Å². The first-order chi connectivity index (χ1) is 12.0. The van der Waals surface area contributed by atoms with Crippen LogP contribution in [0.15, 0.2) is 55.1 Å². The molecule has 1 aliphatic heterocycles. The smallest absolute Gasteiger partial charge is 0.123 e. The van der Waals surface area contributed by atoms with E-state index >= 15 is 0 Å². The van der Waals surface area contributed by atoms with Gasteiger partial charge in [-0.05, 0) is 28.7 Å². The highest BCUT2D eigenvalue weighted by molar-refractivity contribution is 5.63. The average molecular weight is 333 g/mol. The van der Waals surface area contributed by atoms with E-state index in [9.17, 15) is 0 Å². The molecule has 2 aromatic carbocycles. The molecule has 3 rings (SSSR count). The van der Waals surface area contributed by atoms with Crippen LogP contribution in [0.3, 0.4) is 0 Å². The maximum absolute atomic E-state index is 5.74. The molecule has 130 valence electrons. The molecule has 2 heteroatoms. The molecule has 25 heavy (non-hydrogen) atoms. The Hall–Kier alpha value is -2.48. The highest BCUT2D eigenvalue weighted by Gasteiger charge is 2.19. The van der Waals surface area contributed by atoms with E-state index in [1.165, 1.54) is 16.7 Å². The van der Waals surface area contributed by atoms with Crippen LogP contribution in [-0.2, 0) is 6.54 Å². The molecule has 0 aromatic heterocycles. The van der Waals surface area contributed by atoms with Crippen molar-refractivity contribution in [3.63, 3.8) is 0 Å². The fourth-order valence-corrected chi connectivity index (χ4v) is 2.94. The number of hydrogen-bond acceptors (Lipinski definition) is 2. The summed E-state index contributed by atoms with van der Waals surface area (Å²) in [5, 5.41) is 3.42. The number of ether oxygens (including phenoxy) is 1. The van der Waals surface area contributed by atoms with Crippen molar-refractivity contribution in [3.05, 3.63) is 77.4 Å². The normalized spacial score (nSPS) is 16.1. The van der Waals surface area contributed by atoms with Gasteiger partial charge in [-0.1, -0.05) is 75.9 Å². The van der Waals surface area contributed by atoms with Crippen molar-refractivity contribution in [2.24, 2.45) is 5.92 Å². The summed E-state index contributed by atoms with van der Waals surface area (Å²) in [6.07, 6.45) is 4.37. The van der Waals surface area contributed by atoms with Crippen molar-refractivity contribution in [2.75, 3.05) is 6.61 Å². The summed E-state index contributed by atoms with van der Waals surface area (Å²) in [4.78, 5) is 0. The molecule has 0 spiro atoms. The van der Waals surface area contributed by atoms with Crippen LogP contribution in [0, 0.1) is 5.92 Å². The minimum absolute atomic E-state index is 0.496. The SMILES string of the molecule is C=C(NCc1ccc2c(c1)OCC2C)c1ccc(/C=C/C(C)C)cc1. The van der Waals surface area contributed by atoms with Crippen molar-refractivity contribution in [1.82, 2.24) is 5.32 Å². The molecular weight excluding hydrogens is 306 g/mol. The van der Waals surface area contributed by atoms with Gasteiger partial charge in [0.2, 0.25) is 0 Å². The Morgan fingerprint density at radius 1 is 1.24 bits per heavy atom. The summed E-state index contributed by atoms with van der Waals surface area (Å²) in [5.41, 5.74) is 5.80. The molecule has 1 atom stereocenters. The molecule has 2 nitrogen and oxygen atoms in total. The number of nitrogens with one attached hydrogen (secondary N) is 1. The third-order valence-electron chi connectivity index (χ3n) is 4.54. The molecule has 0 saturated carbocycles. The zero-order chi connectivity index (χ0) is 17.8. The van der Waals surface area contributed by atoms with Crippen molar-refractivity contribution in [3.8, 4) is 5.75 Å². The summed E-state index contributed by atoms with van der Waals surface area (Å²) < 4.78 is 5.74. The van der Waals surface area contributed by atoms with Crippen molar-refractivity contribution in [1.29, 1.82) is 0 Å². The predicted molar refractivity (Wildman–Crippen MR) is 107 cm³/mol. The molecule has 2 aromatic rings. The van der Waals surface area contributed by atoms with Crippen LogP contribution < -0.4 is 10.1 Å². The number of fused-ring (bicyclic) bond motifs is 1. The van der Waals surface area contributed by atoms with E-state index in [1.54, 1.807) is 0 Å². The molecule has 1 heterocycles. The van der Waals surface area contributed by atoms with Crippen molar-refractivity contribution >= 4 is 11.8 Å². The fraction of sp³-hybridized carbons (Fsp3) is 0.304. The highest BCUT2D eigenvalue weighted by atomic mass is 16.5. The summed E-state index contributed by atoms with van der Waals surface area (Å²) in [5.74, 6) is 2.09. The lowest BCUT2D eigenvalue weighted by Crippen LogP contribution is -2.10. The van der Waals surface area contributed by atoms with E-state index in [0.717, 1.165) is 30.2 Å². The molecule has 0 fully saturated rings. The monoisotopic (exact) mass is 333 g/mol. The molecule has 0 amide bonds. The zero-order valence-electron chi connectivity index (χ0n) is 15.4. The number of allylic oxidation sites excluding steroid dienone is 1. The van der Waals surface area contributed by atoms with Gasteiger partial charge in [-0.3, -0.25) is 0 Å². The minimum atomic E-state index is 0.496. The van der Waals surface area contributed by atoms with E-state index in [-0.39, 0.29) is 0 Å². The average Bonchev–Trinajstić information content (AvgIpc) is 2.99. The van der Waals surface area contributed by atoms with Gasteiger partial charge in [0.1, 0.15) is 5.75 Å². The van der Waals surface area contributed by atoms with E-state index in [2.05, 4.69) is 87.3 Å². The molecule has 0 saturated heterocycles. The van der Waals surface area contributed by atoms with Gasteiger partial charge in [-0.15, -0.1) is 0 Å². The molecule has 0 radical (unpaired) electrons. The van der Waals surface area contributed by atoms with Crippen LogP contribution in [0.1, 0.15) is 48.9 Å². The molecular formula is C23H27NO. The third-order valence-corrected chi connectivity index (χ3v) is 4.54. The molecule has 1 N–H and O–H groups in total. The third kappa shape index (κ3) is 4.33. The zero-order valence-corrected chi connectivity index (χ0v) is 15.4. The Bertz CT molecular complexity index is 771. The molecule has 1 aliphatic rings. The second kappa shape index (κ2) is 7.60. The van der Waals surface area contributed by atoms with Gasteiger partial charge in [0.05, 0.1) is 6.61 Å². The summed E-state index contributed by atoms with van der Waals surface area (Å²) in [6, 6.07) is 15.0. The van der Waals surface area contributed by atoms with Gasteiger partial charge in [0.25, 0.3) is 0 Å². The Balaban J connectivity index is 1.59. The molecule has 0 aliphatic carbocycles. The van der Waals surface area contributed by atoms with Gasteiger partial charge in [0.15, 0.2) is 0 Å². The van der Waals surface area contributed by atoms with Gasteiger partial charge in [0, 0.05) is 23.7 Å². The summed E-state index contributed by atoms with van der Waals surface area (Å²) >= 11 is 0. The lowest BCUT2D eigenvalue weighted by atomic mass is 10.0. The Morgan fingerprint density at radius 2 is 2.00 bits per heavy atom. The van der Waals surface area contributed by atoms with Gasteiger partial charge >= 0.3 is 0 Å². The van der Waals surface area contributed by atoms with Gasteiger partial charge in [-0.25, -0.2) is 0 Å². The van der Waals surface area contributed by atoms with Crippen molar-refractivity contribution in [2.45, 2.75) is 33.2 Å². The van der Waals surface area contributed by atoms with Crippen molar-refractivity contribution < 1.29 is 4.74 Å². The maximum Gasteiger partial charge on any atom is 0.123 e. The Labute approximate surface area is 151 Å². The molecule has 1 unspecified atom stereocenters. The predicted octanol–water partition coefficient (Wildman–Crippen LogP) is 5.61. The van der Waals surface area contributed by atoms with E-state index in [1.807, 2.05) is 0 Å². The van der Waals surface area contributed by atoms with E-state index in [4.69, 9.17) is 4.74 Å².